The van der Waals surface area contributed by atoms with E-state index in [4.69, 9.17) is 4.74 Å². The molecule has 2 rings (SSSR count). The maximum absolute atomic E-state index is 11.9. The molecule has 1 aliphatic carbocycles. The number of thioether (sulfide) groups is 1. The van der Waals surface area contributed by atoms with Crippen LogP contribution in [0.3, 0.4) is 0 Å². The summed E-state index contributed by atoms with van der Waals surface area (Å²) in [7, 11) is 0. The van der Waals surface area contributed by atoms with Gasteiger partial charge in [0.2, 0.25) is 0 Å². The van der Waals surface area contributed by atoms with Gasteiger partial charge in [-0.2, -0.15) is 0 Å². The third-order valence-corrected chi connectivity index (χ3v) is 5.03. The van der Waals surface area contributed by atoms with E-state index in [2.05, 4.69) is 17.2 Å². The molecule has 110 valence electrons. The Morgan fingerprint density at radius 3 is 2.89 bits per heavy atom. The zero-order chi connectivity index (χ0) is 13.7. The Morgan fingerprint density at radius 2 is 2.21 bits per heavy atom. The highest BCUT2D eigenvalue weighted by Crippen LogP contribution is 2.38. The molecular formula is C13H22F2N2OS. The first-order chi connectivity index (χ1) is 9.10. The zero-order valence-electron chi connectivity index (χ0n) is 11.3. The summed E-state index contributed by atoms with van der Waals surface area (Å²) < 4.78 is 28.5. The minimum atomic E-state index is -2.39. The number of aliphatic imine (C=N–C) groups is 1. The van der Waals surface area contributed by atoms with Crippen LogP contribution < -0.4 is 5.32 Å². The van der Waals surface area contributed by atoms with Crippen molar-refractivity contribution in [2.24, 2.45) is 10.9 Å². The van der Waals surface area contributed by atoms with Gasteiger partial charge in [0.15, 0.2) is 5.17 Å². The Bertz CT molecular complexity index is 318. The van der Waals surface area contributed by atoms with Gasteiger partial charge in [0.1, 0.15) is 6.61 Å². The lowest BCUT2D eigenvalue weighted by Gasteiger charge is -2.35. The van der Waals surface area contributed by atoms with Crippen molar-refractivity contribution in [3.63, 3.8) is 0 Å². The summed E-state index contributed by atoms with van der Waals surface area (Å²) in [6.07, 6.45) is 2.58. The van der Waals surface area contributed by atoms with Crippen LogP contribution in [-0.4, -0.2) is 42.6 Å². The van der Waals surface area contributed by atoms with E-state index in [9.17, 15) is 8.78 Å². The van der Waals surface area contributed by atoms with Crippen molar-refractivity contribution < 1.29 is 13.5 Å². The smallest absolute Gasteiger partial charge is 0.261 e. The summed E-state index contributed by atoms with van der Waals surface area (Å²) in [6.45, 7) is 2.53. The predicted octanol–water partition coefficient (Wildman–Crippen LogP) is 2.91. The molecular weight excluding hydrogens is 270 g/mol. The second-order valence-corrected chi connectivity index (χ2v) is 6.49. The molecule has 0 aromatic rings. The van der Waals surface area contributed by atoms with Gasteiger partial charge in [0.05, 0.1) is 13.2 Å². The molecule has 2 fully saturated rings. The van der Waals surface area contributed by atoms with Crippen molar-refractivity contribution >= 4 is 16.9 Å². The monoisotopic (exact) mass is 292 g/mol. The fourth-order valence-electron chi connectivity index (χ4n) is 2.56. The third kappa shape index (κ3) is 4.60. The van der Waals surface area contributed by atoms with Gasteiger partial charge in [0.25, 0.3) is 6.43 Å². The van der Waals surface area contributed by atoms with Crippen molar-refractivity contribution in [2.75, 3.05) is 25.5 Å². The maximum Gasteiger partial charge on any atom is 0.261 e. The number of halogens is 2. The molecule has 0 aromatic carbocycles. The molecule has 1 saturated heterocycles. The van der Waals surface area contributed by atoms with E-state index in [-0.39, 0.29) is 12.1 Å². The van der Waals surface area contributed by atoms with Gasteiger partial charge < -0.3 is 10.1 Å². The van der Waals surface area contributed by atoms with Gasteiger partial charge in [-0.3, -0.25) is 4.99 Å². The summed E-state index contributed by atoms with van der Waals surface area (Å²) >= 11 is 1.75. The fourth-order valence-corrected chi connectivity index (χ4v) is 3.80. The standard InChI is InChI=1S/C13H22F2N2OS/c1-10-2-4-13(5-3-10)9-19-12(17-13)16-6-7-18-8-11(14)15/h10-11H,2-9H2,1H3,(H,16,17). The number of alkyl halides is 2. The van der Waals surface area contributed by atoms with Gasteiger partial charge in [-0.05, 0) is 31.6 Å². The summed E-state index contributed by atoms with van der Waals surface area (Å²) in [6, 6.07) is 0. The van der Waals surface area contributed by atoms with Crippen molar-refractivity contribution in [3.05, 3.63) is 0 Å². The molecule has 2 aliphatic rings. The molecule has 0 radical (unpaired) electrons. The zero-order valence-corrected chi connectivity index (χ0v) is 12.1. The highest BCUT2D eigenvalue weighted by Gasteiger charge is 2.39. The first-order valence-electron chi connectivity index (χ1n) is 6.91. The van der Waals surface area contributed by atoms with Crippen LogP contribution in [0.4, 0.5) is 8.78 Å². The first kappa shape index (κ1) is 15.0. The Morgan fingerprint density at radius 1 is 1.47 bits per heavy atom. The van der Waals surface area contributed by atoms with Crippen LogP contribution in [0, 0.1) is 5.92 Å². The summed E-state index contributed by atoms with van der Waals surface area (Å²) in [5.41, 5.74) is 0.236. The number of rotatable bonds is 5. The van der Waals surface area contributed by atoms with E-state index in [0.717, 1.165) is 16.8 Å². The average Bonchev–Trinajstić information content (AvgIpc) is 2.76. The summed E-state index contributed by atoms with van der Waals surface area (Å²) in [4.78, 5) is 4.39. The number of hydrogen-bond acceptors (Lipinski definition) is 3. The van der Waals surface area contributed by atoms with Crippen molar-refractivity contribution in [1.82, 2.24) is 5.32 Å². The lowest BCUT2D eigenvalue weighted by molar-refractivity contribution is 0.0207. The van der Waals surface area contributed by atoms with E-state index in [0.29, 0.717) is 6.54 Å². The number of nitrogens with one attached hydrogen (secondary N) is 1. The van der Waals surface area contributed by atoms with E-state index in [1.54, 1.807) is 11.8 Å². The molecule has 1 aliphatic heterocycles. The fraction of sp³-hybridized carbons (Fsp3) is 0.923. The van der Waals surface area contributed by atoms with E-state index in [1.807, 2.05) is 0 Å². The predicted molar refractivity (Wildman–Crippen MR) is 75.1 cm³/mol. The van der Waals surface area contributed by atoms with Crippen LogP contribution in [0.5, 0.6) is 0 Å². The molecule has 0 aromatic heterocycles. The highest BCUT2D eigenvalue weighted by molar-refractivity contribution is 8.14. The van der Waals surface area contributed by atoms with Gasteiger partial charge >= 0.3 is 0 Å². The molecule has 6 heteroatoms. The number of nitrogens with zero attached hydrogens (tertiary/aromatic N) is 1. The van der Waals surface area contributed by atoms with Crippen molar-refractivity contribution in [2.45, 2.75) is 44.6 Å². The molecule has 1 heterocycles. The lowest BCUT2D eigenvalue weighted by atomic mass is 9.78. The van der Waals surface area contributed by atoms with E-state index >= 15 is 0 Å². The van der Waals surface area contributed by atoms with Gasteiger partial charge in [-0.25, -0.2) is 8.78 Å². The molecule has 1 spiro atoms. The Labute approximate surface area is 117 Å². The lowest BCUT2D eigenvalue weighted by Crippen LogP contribution is -2.46. The minimum absolute atomic E-state index is 0.236. The minimum Gasteiger partial charge on any atom is -0.374 e. The van der Waals surface area contributed by atoms with Gasteiger partial charge in [0, 0.05) is 11.3 Å². The highest BCUT2D eigenvalue weighted by atomic mass is 32.2. The molecule has 1 saturated carbocycles. The quantitative estimate of drug-likeness (QED) is 0.791. The van der Waals surface area contributed by atoms with Crippen LogP contribution in [0.1, 0.15) is 32.6 Å². The van der Waals surface area contributed by atoms with Crippen LogP contribution in [0.2, 0.25) is 0 Å². The van der Waals surface area contributed by atoms with Gasteiger partial charge in [-0.15, -0.1) is 0 Å². The molecule has 3 nitrogen and oxygen atoms in total. The van der Waals surface area contributed by atoms with E-state index < -0.39 is 13.0 Å². The molecule has 0 amide bonds. The topological polar surface area (TPSA) is 33.6 Å². The van der Waals surface area contributed by atoms with Crippen LogP contribution >= 0.6 is 11.8 Å². The van der Waals surface area contributed by atoms with Crippen LogP contribution in [0.15, 0.2) is 4.99 Å². The maximum atomic E-state index is 11.9. The molecule has 19 heavy (non-hydrogen) atoms. The van der Waals surface area contributed by atoms with Gasteiger partial charge in [-0.1, -0.05) is 18.7 Å². The molecule has 0 bridgehead atoms. The molecule has 0 atom stereocenters. The normalized spacial score (nSPS) is 33.3. The largest absolute Gasteiger partial charge is 0.374 e. The number of hydrogen-bond donors (Lipinski definition) is 1. The summed E-state index contributed by atoms with van der Waals surface area (Å²) in [5.74, 6) is 1.91. The van der Waals surface area contributed by atoms with E-state index in [1.165, 1.54) is 25.7 Å². The Hall–Kier alpha value is -0.360. The van der Waals surface area contributed by atoms with Crippen molar-refractivity contribution in [3.8, 4) is 0 Å². The second kappa shape index (κ2) is 6.88. The number of amidine groups is 1. The number of ether oxygens (including phenoxy) is 1. The third-order valence-electron chi connectivity index (χ3n) is 3.82. The molecule has 1 N–H and O–H groups in total. The summed E-state index contributed by atoms with van der Waals surface area (Å²) in [5, 5.41) is 4.49. The first-order valence-corrected chi connectivity index (χ1v) is 7.89. The second-order valence-electron chi connectivity index (χ2n) is 5.53. The average molecular weight is 292 g/mol. The molecule has 0 unspecified atom stereocenters. The Balaban J connectivity index is 1.69. The Kier molecular flexibility index (Phi) is 5.45. The van der Waals surface area contributed by atoms with Crippen LogP contribution in [0.25, 0.3) is 0 Å². The van der Waals surface area contributed by atoms with Crippen LogP contribution in [-0.2, 0) is 4.74 Å². The van der Waals surface area contributed by atoms with Crippen molar-refractivity contribution in [1.29, 1.82) is 0 Å². The SMILES string of the molecule is CC1CCC2(CC1)CSC(=NCCOCC(F)F)N2.